The standard InChI is InChI=1S/C26H36O5Si/c1-25(2,3)32(19-13-9-7-10-14-19,20-15-11-8-12-16-20)30-18-26-22(27-4)17-21(23(26)28-5)24(29-6)31-26/h7-16,21-24H,17-18H2,1-6H3/t21-,22?,23+,24?,26+/m1/s1. The molecule has 0 aromatic heterocycles. The number of fused-ring (bicyclic) bond motifs is 2. The van der Waals surface area contributed by atoms with Crippen LogP contribution in [0.1, 0.15) is 27.2 Å². The van der Waals surface area contributed by atoms with Gasteiger partial charge in [-0.25, -0.2) is 0 Å². The summed E-state index contributed by atoms with van der Waals surface area (Å²) in [5, 5.41) is 2.37. The largest absolute Gasteiger partial charge is 0.404 e. The van der Waals surface area contributed by atoms with Gasteiger partial charge in [-0.3, -0.25) is 0 Å². The molecule has 1 saturated carbocycles. The van der Waals surface area contributed by atoms with Crippen molar-refractivity contribution in [2.24, 2.45) is 5.92 Å². The maximum Gasteiger partial charge on any atom is 0.261 e. The lowest BCUT2D eigenvalue weighted by molar-refractivity contribution is -0.239. The lowest BCUT2D eigenvalue weighted by atomic mass is 9.98. The summed E-state index contributed by atoms with van der Waals surface area (Å²) >= 11 is 0. The van der Waals surface area contributed by atoms with E-state index in [0.717, 1.165) is 6.42 Å². The van der Waals surface area contributed by atoms with Gasteiger partial charge in [0.25, 0.3) is 8.32 Å². The predicted octanol–water partition coefficient (Wildman–Crippen LogP) is 3.35. The number of benzene rings is 2. The van der Waals surface area contributed by atoms with Gasteiger partial charge in [0.15, 0.2) is 6.29 Å². The van der Waals surface area contributed by atoms with E-state index in [2.05, 4.69) is 81.4 Å². The summed E-state index contributed by atoms with van der Waals surface area (Å²) in [5.74, 6) is 0.123. The number of rotatable bonds is 8. The van der Waals surface area contributed by atoms with Crippen LogP contribution in [-0.2, 0) is 23.4 Å². The molecule has 1 aliphatic heterocycles. The first-order chi connectivity index (χ1) is 15.3. The van der Waals surface area contributed by atoms with Crippen molar-refractivity contribution < 1.29 is 23.4 Å². The molecule has 0 radical (unpaired) electrons. The highest BCUT2D eigenvalue weighted by atomic mass is 28.4. The summed E-state index contributed by atoms with van der Waals surface area (Å²) in [7, 11) is 2.47. The molecule has 2 fully saturated rings. The van der Waals surface area contributed by atoms with Crippen molar-refractivity contribution in [1.82, 2.24) is 0 Å². The van der Waals surface area contributed by atoms with E-state index >= 15 is 0 Å². The molecule has 0 spiro atoms. The topological polar surface area (TPSA) is 46.2 Å². The molecule has 2 aromatic rings. The Kier molecular flexibility index (Phi) is 6.65. The molecule has 1 heterocycles. The molecular weight excluding hydrogens is 420 g/mol. The zero-order valence-corrected chi connectivity index (χ0v) is 21.0. The van der Waals surface area contributed by atoms with Crippen molar-refractivity contribution in [3.05, 3.63) is 60.7 Å². The molecule has 174 valence electrons. The van der Waals surface area contributed by atoms with Crippen molar-refractivity contribution in [2.75, 3.05) is 27.9 Å². The maximum atomic E-state index is 7.23. The van der Waals surface area contributed by atoms with Crippen molar-refractivity contribution in [3.63, 3.8) is 0 Å². The molecule has 2 unspecified atom stereocenters. The Balaban J connectivity index is 1.80. The van der Waals surface area contributed by atoms with E-state index in [-0.39, 0.29) is 29.5 Å². The zero-order chi connectivity index (χ0) is 23.0. The van der Waals surface area contributed by atoms with Crippen LogP contribution in [0.15, 0.2) is 60.7 Å². The fourth-order valence-electron chi connectivity index (χ4n) is 5.90. The number of hydrogen-bond donors (Lipinski definition) is 0. The number of methoxy groups -OCH3 is 3. The van der Waals surface area contributed by atoms with Crippen molar-refractivity contribution in [2.45, 2.75) is 56.3 Å². The minimum Gasteiger partial charge on any atom is -0.404 e. The predicted molar refractivity (Wildman–Crippen MR) is 128 cm³/mol. The van der Waals surface area contributed by atoms with Gasteiger partial charge in [0.2, 0.25) is 0 Å². The van der Waals surface area contributed by atoms with Gasteiger partial charge in [-0.2, -0.15) is 0 Å². The minimum atomic E-state index is -2.71. The molecule has 2 aliphatic rings. The van der Waals surface area contributed by atoms with Crippen LogP contribution < -0.4 is 10.4 Å². The third-order valence-electron chi connectivity index (χ3n) is 7.29. The van der Waals surface area contributed by atoms with Crippen LogP contribution in [0.3, 0.4) is 0 Å². The van der Waals surface area contributed by atoms with Gasteiger partial charge >= 0.3 is 0 Å². The molecule has 32 heavy (non-hydrogen) atoms. The molecule has 2 bridgehead atoms. The first kappa shape index (κ1) is 23.6. The maximum absolute atomic E-state index is 7.23. The highest BCUT2D eigenvalue weighted by molar-refractivity contribution is 6.99. The minimum absolute atomic E-state index is 0.109. The van der Waals surface area contributed by atoms with Gasteiger partial charge in [-0.1, -0.05) is 81.4 Å². The average molecular weight is 457 g/mol. The van der Waals surface area contributed by atoms with Crippen LogP contribution in [0.25, 0.3) is 0 Å². The summed E-state index contributed by atoms with van der Waals surface area (Å²) in [6.07, 6.45) is 0.268. The SMILES string of the molecule is COC1O[C@@]2(CO[Si](c3ccccc3)(c3ccccc3)C(C)(C)C)C(OC)C[C@@H]1[C@@H]2OC. The summed E-state index contributed by atoms with van der Waals surface area (Å²) in [6.45, 7) is 7.23. The van der Waals surface area contributed by atoms with E-state index in [1.807, 2.05) is 0 Å². The molecular formula is C26H36O5Si. The summed E-state index contributed by atoms with van der Waals surface area (Å²) in [6, 6.07) is 21.3. The van der Waals surface area contributed by atoms with E-state index in [1.54, 1.807) is 21.3 Å². The summed E-state index contributed by atoms with van der Waals surface area (Å²) in [4.78, 5) is 0. The normalized spacial score (nSPS) is 30.1. The highest BCUT2D eigenvalue weighted by Gasteiger charge is 2.67. The summed E-state index contributed by atoms with van der Waals surface area (Å²) in [5.41, 5.74) is -0.706. The van der Waals surface area contributed by atoms with E-state index in [0.29, 0.717) is 6.61 Å². The van der Waals surface area contributed by atoms with Crippen LogP contribution in [0.5, 0.6) is 0 Å². The third kappa shape index (κ3) is 3.58. The molecule has 5 nitrogen and oxygen atoms in total. The average Bonchev–Trinajstić information content (AvgIpc) is 3.28. The second-order valence-electron chi connectivity index (χ2n) is 9.91. The molecule has 1 saturated heterocycles. The Morgan fingerprint density at radius 3 is 1.88 bits per heavy atom. The van der Waals surface area contributed by atoms with Gasteiger partial charge < -0.3 is 23.4 Å². The van der Waals surface area contributed by atoms with Crippen LogP contribution in [-0.4, -0.2) is 60.4 Å². The second kappa shape index (κ2) is 9.01. The third-order valence-corrected chi connectivity index (χ3v) is 12.3. The Morgan fingerprint density at radius 1 is 0.875 bits per heavy atom. The Labute approximate surface area is 193 Å². The van der Waals surface area contributed by atoms with Crippen molar-refractivity contribution >= 4 is 18.7 Å². The lowest BCUT2D eigenvalue weighted by Crippen LogP contribution is -2.68. The van der Waals surface area contributed by atoms with E-state index < -0.39 is 13.9 Å². The lowest BCUT2D eigenvalue weighted by Gasteiger charge is -2.46. The Hall–Kier alpha value is -1.54. The van der Waals surface area contributed by atoms with Gasteiger partial charge in [0.05, 0.1) is 18.8 Å². The monoisotopic (exact) mass is 456 g/mol. The van der Waals surface area contributed by atoms with E-state index in [1.165, 1.54) is 10.4 Å². The van der Waals surface area contributed by atoms with Gasteiger partial charge in [0.1, 0.15) is 5.60 Å². The molecule has 4 rings (SSSR count). The first-order valence-corrected chi connectivity index (χ1v) is 13.3. The fourth-order valence-corrected chi connectivity index (χ4v) is 10.5. The molecule has 0 N–H and O–H groups in total. The van der Waals surface area contributed by atoms with E-state index in [4.69, 9.17) is 23.4 Å². The molecule has 0 amide bonds. The van der Waals surface area contributed by atoms with Crippen LogP contribution >= 0.6 is 0 Å². The number of ether oxygens (including phenoxy) is 4. The Bertz CT molecular complexity index is 845. The quantitative estimate of drug-likeness (QED) is 0.570. The molecule has 5 atom stereocenters. The summed E-state index contributed by atoms with van der Waals surface area (Å²) < 4.78 is 31.3. The first-order valence-electron chi connectivity index (χ1n) is 11.3. The van der Waals surface area contributed by atoms with Gasteiger partial charge in [-0.15, -0.1) is 0 Å². The van der Waals surface area contributed by atoms with Crippen LogP contribution in [0.4, 0.5) is 0 Å². The highest BCUT2D eigenvalue weighted by Crippen LogP contribution is 2.52. The fraction of sp³-hybridized carbons (Fsp3) is 0.538. The van der Waals surface area contributed by atoms with Crippen molar-refractivity contribution in [1.29, 1.82) is 0 Å². The molecule has 1 aliphatic carbocycles. The van der Waals surface area contributed by atoms with Crippen LogP contribution in [0, 0.1) is 5.92 Å². The smallest absolute Gasteiger partial charge is 0.261 e. The Morgan fingerprint density at radius 2 is 1.44 bits per heavy atom. The van der Waals surface area contributed by atoms with Gasteiger partial charge in [0, 0.05) is 27.2 Å². The molecule has 6 heteroatoms. The number of hydrogen-bond acceptors (Lipinski definition) is 5. The van der Waals surface area contributed by atoms with E-state index in [9.17, 15) is 0 Å². The second-order valence-corrected chi connectivity index (χ2v) is 14.2. The van der Waals surface area contributed by atoms with Crippen molar-refractivity contribution in [3.8, 4) is 0 Å². The molecule has 2 aromatic carbocycles. The van der Waals surface area contributed by atoms with Crippen LogP contribution in [0.2, 0.25) is 5.04 Å². The van der Waals surface area contributed by atoms with Gasteiger partial charge in [-0.05, 0) is 21.8 Å². The zero-order valence-electron chi connectivity index (χ0n) is 20.0.